The van der Waals surface area contributed by atoms with Gasteiger partial charge >= 0.3 is 0 Å². The van der Waals surface area contributed by atoms with Gasteiger partial charge < -0.3 is 14.4 Å². The highest BCUT2D eigenvalue weighted by molar-refractivity contribution is 7.89. The van der Waals surface area contributed by atoms with Gasteiger partial charge in [-0.15, -0.1) is 0 Å². The van der Waals surface area contributed by atoms with E-state index in [0.717, 1.165) is 0 Å². The molecule has 2 aromatic rings. The van der Waals surface area contributed by atoms with Crippen molar-refractivity contribution in [3.63, 3.8) is 0 Å². The Morgan fingerprint density at radius 3 is 2.35 bits per heavy atom. The number of methoxy groups -OCH3 is 2. The molecule has 2 aromatic carbocycles. The molecule has 0 aliphatic carbocycles. The lowest BCUT2D eigenvalue weighted by atomic mass is 10.3. The van der Waals surface area contributed by atoms with Crippen molar-refractivity contribution in [3.8, 4) is 11.5 Å². The number of carbonyl (C=O) groups excluding carboxylic acids is 1. The number of sulfonamides is 1. The number of anilines is 1. The van der Waals surface area contributed by atoms with E-state index in [9.17, 15) is 13.2 Å². The van der Waals surface area contributed by atoms with Crippen LogP contribution in [0.4, 0.5) is 5.69 Å². The lowest BCUT2D eigenvalue weighted by molar-refractivity contribution is -0.116. The van der Waals surface area contributed by atoms with Crippen LogP contribution < -0.4 is 19.1 Å². The molecule has 0 saturated carbocycles. The number of amides is 1. The van der Waals surface area contributed by atoms with Crippen LogP contribution in [0.1, 0.15) is 6.92 Å². The molecule has 8 heteroatoms. The molecule has 0 aliphatic rings. The Hall–Kier alpha value is -2.58. The third-order valence-corrected chi connectivity index (χ3v) is 5.22. The van der Waals surface area contributed by atoms with Crippen molar-refractivity contribution in [2.75, 3.05) is 32.2 Å². The van der Waals surface area contributed by atoms with E-state index in [1.807, 2.05) is 18.2 Å². The van der Waals surface area contributed by atoms with E-state index in [1.165, 1.54) is 38.2 Å². The highest BCUT2D eigenvalue weighted by Gasteiger charge is 2.21. The number of nitrogens with zero attached hydrogens (tertiary/aromatic N) is 1. The maximum atomic E-state index is 12.6. The molecule has 140 valence electrons. The van der Waals surface area contributed by atoms with Crippen LogP contribution in [0.15, 0.2) is 53.4 Å². The van der Waals surface area contributed by atoms with E-state index in [1.54, 1.807) is 18.2 Å². The minimum atomic E-state index is -3.83. The van der Waals surface area contributed by atoms with Gasteiger partial charge in [0.15, 0.2) is 0 Å². The third-order valence-electron chi connectivity index (χ3n) is 3.74. The van der Waals surface area contributed by atoms with Crippen LogP contribution in [-0.2, 0) is 14.8 Å². The average Bonchev–Trinajstić information content (AvgIpc) is 2.65. The summed E-state index contributed by atoms with van der Waals surface area (Å²) in [5, 5.41) is 0. The first kappa shape index (κ1) is 19.7. The molecule has 0 fully saturated rings. The zero-order valence-corrected chi connectivity index (χ0v) is 15.7. The number of hydrogen-bond donors (Lipinski definition) is 1. The number of hydrogen-bond acceptors (Lipinski definition) is 5. The summed E-state index contributed by atoms with van der Waals surface area (Å²) in [5.41, 5.74) is 0.707. The van der Waals surface area contributed by atoms with Crippen LogP contribution in [-0.4, -0.2) is 41.6 Å². The highest BCUT2D eigenvalue weighted by Crippen LogP contribution is 2.27. The van der Waals surface area contributed by atoms with E-state index >= 15 is 0 Å². The summed E-state index contributed by atoms with van der Waals surface area (Å²) in [6, 6.07) is 13.6. The van der Waals surface area contributed by atoms with Gasteiger partial charge in [-0.2, -0.15) is 0 Å². The molecule has 26 heavy (non-hydrogen) atoms. The van der Waals surface area contributed by atoms with Crippen molar-refractivity contribution in [3.05, 3.63) is 48.5 Å². The largest absolute Gasteiger partial charge is 0.497 e. The van der Waals surface area contributed by atoms with Crippen LogP contribution in [0.2, 0.25) is 0 Å². The zero-order valence-electron chi connectivity index (χ0n) is 14.9. The number of carbonyl (C=O) groups is 1. The van der Waals surface area contributed by atoms with E-state index in [4.69, 9.17) is 9.47 Å². The Morgan fingerprint density at radius 2 is 1.77 bits per heavy atom. The fourth-order valence-corrected chi connectivity index (χ4v) is 3.64. The Kier molecular flexibility index (Phi) is 6.59. The molecule has 1 N–H and O–H groups in total. The molecule has 0 spiro atoms. The summed E-state index contributed by atoms with van der Waals surface area (Å²) < 4.78 is 37.9. The summed E-state index contributed by atoms with van der Waals surface area (Å²) in [4.78, 5) is 13.4. The number of nitrogens with one attached hydrogen (secondary N) is 1. The normalized spacial score (nSPS) is 11.0. The van der Waals surface area contributed by atoms with E-state index in [0.29, 0.717) is 11.4 Å². The molecule has 0 bridgehead atoms. The van der Waals surface area contributed by atoms with Crippen molar-refractivity contribution in [1.29, 1.82) is 0 Å². The van der Waals surface area contributed by atoms with Gasteiger partial charge in [0.05, 0.1) is 14.2 Å². The van der Waals surface area contributed by atoms with Gasteiger partial charge in [0.1, 0.15) is 16.4 Å². The number of para-hydroxylation sites is 1. The monoisotopic (exact) mass is 378 g/mol. The van der Waals surface area contributed by atoms with E-state index < -0.39 is 10.0 Å². The standard InChI is InChI=1S/C18H22N2O5S/c1-14(21)20(15-7-5-4-6-8-15)12-11-19-26(22,23)18-13-16(24-2)9-10-17(18)25-3/h4-10,13,19H,11-12H2,1-3H3. The van der Waals surface area contributed by atoms with E-state index in [-0.39, 0.29) is 29.6 Å². The third kappa shape index (κ3) is 4.74. The number of ether oxygens (including phenoxy) is 2. The molecule has 0 atom stereocenters. The quantitative estimate of drug-likeness (QED) is 0.760. The van der Waals surface area contributed by atoms with Crippen molar-refractivity contribution in [1.82, 2.24) is 4.72 Å². The van der Waals surface area contributed by atoms with Gasteiger partial charge in [0, 0.05) is 31.8 Å². The zero-order chi connectivity index (χ0) is 19.2. The minimum Gasteiger partial charge on any atom is -0.497 e. The first-order valence-electron chi connectivity index (χ1n) is 7.94. The van der Waals surface area contributed by atoms with Crippen LogP contribution in [0.3, 0.4) is 0 Å². The molecule has 0 unspecified atom stereocenters. The van der Waals surface area contributed by atoms with Crippen LogP contribution in [0.5, 0.6) is 11.5 Å². The molecule has 0 aliphatic heterocycles. The summed E-state index contributed by atoms with van der Waals surface area (Å²) in [6.45, 7) is 1.69. The van der Waals surface area contributed by atoms with Gasteiger partial charge in [0.2, 0.25) is 15.9 Å². The fourth-order valence-electron chi connectivity index (χ4n) is 2.44. The van der Waals surface area contributed by atoms with E-state index in [2.05, 4.69) is 4.72 Å². The average molecular weight is 378 g/mol. The van der Waals surface area contributed by atoms with Gasteiger partial charge in [-0.1, -0.05) is 18.2 Å². The molecular formula is C18H22N2O5S. The lowest BCUT2D eigenvalue weighted by Crippen LogP contribution is -2.37. The molecule has 0 aromatic heterocycles. The summed E-state index contributed by atoms with van der Waals surface area (Å²) in [6.07, 6.45) is 0. The fraction of sp³-hybridized carbons (Fsp3) is 0.278. The predicted molar refractivity (Wildman–Crippen MR) is 99.2 cm³/mol. The van der Waals surface area contributed by atoms with Crippen LogP contribution in [0.25, 0.3) is 0 Å². The first-order chi connectivity index (χ1) is 12.4. The topological polar surface area (TPSA) is 84.9 Å². The van der Waals surface area contributed by atoms with Crippen molar-refractivity contribution < 1.29 is 22.7 Å². The highest BCUT2D eigenvalue weighted by atomic mass is 32.2. The van der Waals surface area contributed by atoms with Crippen LogP contribution >= 0.6 is 0 Å². The Balaban J connectivity index is 2.14. The molecular weight excluding hydrogens is 356 g/mol. The first-order valence-corrected chi connectivity index (χ1v) is 9.42. The summed E-state index contributed by atoms with van der Waals surface area (Å²) in [5.74, 6) is 0.444. The van der Waals surface area contributed by atoms with Gasteiger partial charge in [-0.05, 0) is 24.3 Å². The van der Waals surface area contributed by atoms with Gasteiger partial charge in [-0.3, -0.25) is 4.79 Å². The molecule has 7 nitrogen and oxygen atoms in total. The number of rotatable bonds is 8. The lowest BCUT2D eigenvalue weighted by Gasteiger charge is -2.21. The predicted octanol–water partition coefficient (Wildman–Crippen LogP) is 2.04. The minimum absolute atomic E-state index is 0.0200. The Labute approximate surface area is 153 Å². The second kappa shape index (κ2) is 8.68. The molecule has 0 saturated heterocycles. The molecule has 2 rings (SSSR count). The number of benzene rings is 2. The molecule has 0 heterocycles. The molecule has 1 amide bonds. The van der Waals surface area contributed by atoms with Crippen molar-refractivity contribution in [2.24, 2.45) is 0 Å². The second-order valence-corrected chi connectivity index (χ2v) is 7.16. The van der Waals surface area contributed by atoms with Crippen LogP contribution in [0, 0.1) is 0 Å². The van der Waals surface area contributed by atoms with Gasteiger partial charge in [-0.25, -0.2) is 13.1 Å². The molecule has 0 radical (unpaired) electrons. The van der Waals surface area contributed by atoms with Gasteiger partial charge in [0.25, 0.3) is 0 Å². The SMILES string of the molecule is COc1ccc(OC)c(S(=O)(=O)NCCN(C(C)=O)c2ccccc2)c1. The van der Waals surface area contributed by atoms with Crippen molar-refractivity contribution >= 4 is 21.6 Å². The summed E-state index contributed by atoms with van der Waals surface area (Å²) >= 11 is 0. The maximum absolute atomic E-state index is 12.6. The van der Waals surface area contributed by atoms with Crippen molar-refractivity contribution in [2.45, 2.75) is 11.8 Å². The second-order valence-electron chi connectivity index (χ2n) is 5.42. The Bertz CT molecular complexity index is 853. The Morgan fingerprint density at radius 1 is 1.08 bits per heavy atom. The maximum Gasteiger partial charge on any atom is 0.244 e. The smallest absolute Gasteiger partial charge is 0.244 e. The summed E-state index contributed by atoms with van der Waals surface area (Å²) in [7, 11) is -0.981.